The lowest BCUT2D eigenvalue weighted by molar-refractivity contribution is -0.675. The maximum Gasteiger partial charge on any atom is 0.341 e. The van der Waals surface area contributed by atoms with Crippen LogP contribution >= 0.6 is 11.3 Å². The van der Waals surface area contributed by atoms with Gasteiger partial charge in [0, 0.05) is 4.88 Å². The fraction of sp³-hybridized carbons (Fsp3) is 0.667. The van der Waals surface area contributed by atoms with Crippen molar-refractivity contribution in [3.8, 4) is 0 Å². The number of thiophene rings is 1. The van der Waals surface area contributed by atoms with E-state index in [0.717, 1.165) is 31.2 Å². The molecule has 1 aliphatic carbocycles. The predicted octanol–water partition coefficient (Wildman–Crippen LogP) is 2.35. The van der Waals surface area contributed by atoms with Gasteiger partial charge < -0.3 is 15.4 Å². The van der Waals surface area contributed by atoms with E-state index in [2.05, 4.69) is 26.1 Å². The summed E-state index contributed by atoms with van der Waals surface area (Å²) in [4.78, 5) is 25.9. The number of quaternary nitrogens is 1. The molecule has 0 fully saturated rings. The second kappa shape index (κ2) is 8.62. The van der Waals surface area contributed by atoms with E-state index in [1.807, 2.05) is 5.32 Å². The Bertz CT molecular complexity index is 597. The summed E-state index contributed by atoms with van der Waals surface area (Å²) in [6, 6.07) is 0.415. The molecule has 6 heteroatoms. The number of amides is 1. The zero-order valence-electron chi connectivity index (χ0n) is 15.1. The Balaban J connectivity index is 2.18. The molecule has 0 saturated carbocycles. The van der Waals surface area contributed by atoms with Crippen molar-refractivity contribution in [2.24, 2.45) is 5.92 Å². The van der Waals surface area contributed by atoms with E-state index in [4.69, 9.17) is 4.74 Å². The number of nitrogens with two attached hydrogens (primary N) is 1. The van der Waals surface area contributed by atoms with E-state index in [0.29, 0.717) is 35.7 Å². The van der Waals surface area contributed by atoms with Gasteiger partial charge in [-0.25, -0.2) is 4.79 Å². The fourth-order valence-corrected chi connectivity index (χ4v) is 4.33. The van der Waals surface area contributed by atoms with E-state index in [1.54, 1.807) is 18.3 Å². The molecular weight excluding hydrogens is 324 g/mol. The normalized spacial score (nSPS) is 17.9. The number of carbonyl (C=O) groups excluding carboxylic acids is 2. The number of fused-ring (bicyclic) bond motifs is 1. The van der Waals surface area contributed by atoms with Crippen LogP contribution in [0.5, 0.6) is 0 Å². The minimum absolute atomic E-state index is 0.0625. The standard InChI is InChI=1S/C18H28N2O3S/c1-5-12(4)19-10-15(21)20-17-16(18(22)23-6-2)13-8-7-11(3)9-14(13)24-17/h11-12,19H,5-10H2,1-4H3,(H,20,21)/p+1/t11-,12+/m1/s1. The predicted molar refractivity (Wildman–Crippen MR) is 96.6 cm³/mol. The van der Waals surface area contributed by atoms with Crippen LogP contribution in [0.25, 0.3) is 0 Å². The molecule has 0 saturated heterocycles. The Morgan fingerprint density at radius 2 is 2.17 bits per heavy atom. The van der Waals surface area contributed by atoms with Gasteiger partial charge in [-0.15, -0.1) is 11.3 Å². The van der Waals surface area contributed by atoms with E-state index in [-0.39, 0.29) is 11.9 Å². The van der Waals surface area contributed by atoms with Crippen molar-refractivity contribution < 1.29 is 19.6 Å². The van der Waals surface area contributed by atoms with Gasteiger partial charge in [0.1, 0.15) is 5.00 Å². The monoisotopic (exact) mass is 353 g/mol. The number of carbonyl (C=O) groups is 2. The Morgan fingerprint density at radius 1 is 1.42 bits per heavy atom. The molecule has 0 unspecified atom stereocenters. The summed E-state index contributed by atoms with van der Waals surface area (Å²) in [6.45, 7) is 8.95. The second-order valence-electron chi connectivity index (χ2n) is 6.65. The van der Waals surface area contributed by atoms with Crippen molar-refractivity contribution in [3.05, 3.63) is 16.0 Å². The third-order valence-corrected chi connectivity index (χ3v) is 5.76. The van der Waals surface area contributed by atoms with E-state index >= 15 is 0 Å². The average Bonchev–Trinajstić information content (AvgIpc) is 2.89. The molecule has 0 bridgehead atoms. The van der Waals surface area contributed by atoms with E-state index < -0.39 is 0 Å². The fourth-order valence-electron chi connectivity index (χ4n) is 2.91. The number of rotatable bonds is 7. The Hall–Kier alpha value is -1.40. The number of ether oxygens (including phenoxy) is 1. The smallest absolute Gasteiger partial charge is 0.341 e. The summed E-state index contributed by atoms with van der Waals surface area (Å²) >= 11 is 1.54. The van der Waals surface area contributed by atoms with Gasteiger partial charge in [-0.1, -0.05) is 13.8 Å². The van der Waals surface area contributed by atoms with Gasteiger partial charge >= 0.3 is 5.97 Å². The molecule has 1 aromatic rings. The molecule has 1 heterocycles. The highest BCUT2D eigenvalue weighted by Crippen LogP contribution is 2.40. The summed E-state index contributed by atoms with van der Waals surface area (Å²) in [5, 5.41) is 5.63. The molecule has 134 valence electrons. The zero-order chi connectivity index (χ0) is 17.7. The van der Waals surface area contributed by atoms with Crippen molar-refractivity contribution in [2.75, 3.05) is 18.5 Å². The maximum atomic E-state index is 12.4. The Kier molecular flexibility index (Phi) is 6.80. The van der Waals surface area contributed by atoms with Crippen LogP contribution in [0.4, 0.5) is 5.00 Å². The average molecular weight is 354 g/mol. The van der Waals surface area contributed by atoms with E-state index in [1.165, 1.54) is 4.88 Å². The number of hydrogen-bond acceptors (Lipinski definition) is 4. The molecule has 1 amide bonds. The number of hydrogen-bond donors (Lipinski definition) is 2. The van der Waals surface area contributed by atoms with Crippen molar-refractivity contribution in [2.45, 2.75) is 59.4 Å². The van der Waals surface area contributed by atoms with Gasteiger partial charge in [0.25, 0.3) is 5.91 Å². The largest absolute Gasteiger partial charge is 0.462 e. The molecule has 0 spiro atoms. The highest BCUT2D eigenvalue weighted by molar-refractivity contribution is 7.17. The first-order chi connectivity index (χ1) is 11.5. The number of anilines is 1. The minimum atomic E-state index is -0.314. The lowest BCUT2D eigenvalue weighted by Crippen LogP contribution is -2.90. The highest BCUT2D eigenvalue weighted by Gasteiger charge is 2.29. The van der Waals surface area contributed by atoms with Gasteiger partial charge in [0.2, 0.25) is 0 Å². The minimum Gasteiger partial charge on any atom is -0.462 e. The van der Waals surface area contributed by atoms with Crippen LogP contribution in [-0.2, 0) is 22.4 Å². The maximum absolute atomic E-state index is 12.4. The molecule has 1 aromatic heterocycles. The van der Waals surface area contributed by atoms with Gasteiger partial charge in [0.15, 0.2) is 6.54 Å². The summed E-state index contributed by atoms with van der Waals surface area (Å²) in [5.41, 5.74) is 1.67. The van der Waals surface area contributed by atoms with Gasteiger partial charge in [-0.2, -0.15) is 0 Å². The third-order valence-electron chi connectivity index (χ3n) is 4.59. The summed E-state index contributed by atoms with van der Waals surface area (Å²) in [6.07, 6.45) is 3.95. The molecule has 0 radical (unpaired) electrons. The van der Waals surface area contributed by atoms with Crippen LogP contribution in [0, 0.1) is 5.92 Å². The first kappa shape index (κ1) is 18.9. The first-order valence-corrected chi connectivity index (χ1v) is 9.72. The molecule has 0 aromatic carbocycles. The molecule has 5 nitrogen and oxygen atoms in total. The Labute approximate surface area is 148 Å². The van der Waals surface area contributed by atoms with Crippen LogP contribution in [-0.4, -0.2) is 31.1 Å². The van der Waals surface area contributed by atoms with Gasteiger partial charge in [0.05, 0.1) is 18.2 Å². The lowest BCUT2D eigenvalue weighted by Gasteiger charge is -2.18. The number of esters is 1. The summed E-state index contributed by atoms with van der Waals surface area (Å²) in [5.74, 6) is 0.242. The van der Waals surface area contributed by atoms with Crippen molar-refractivity contribution >= 4 is 28.2 Å². The SMILES string of the molecule is CCOC(=O)c1c(NC(=O)C[NH2+][C@@H](C)CC)sc2c1CC[C@@H](C)C2. The van der Waals surface area contributed by atoms with Crippen molar-refractivity contribution in [1.29, 1.82) is 0 Å². The third kappa shape index (κ3) is 4.57. The summed E-state index contributed by atoms with van der Waals surface area (Å²) < 4.78 is 5.23. The topological polar surface area (TPSA) is 72.0 Å². The quantitative estimate of drug-likeness (QED) is 0.739. The van der Waals surface area contributed by atoms with E-state index in [9.17, 15) is 9.59 Å². The van der Waals surface area contributed by atoms with Gasteiger partial charge in [-0.05, 0) is 51.0 Å². The van der Waals surface area contributed by atoms with Gasteiger partial charge in [-0.3, -0.25) is 4.79 Å². The molecule has 0 aliphatic heterocycles. The lowest BCUT2D eigenvalue weighted by atomic mass is 9.88. The van der Waals surface area contributed by atoms with Crippen molar-refractivity contribution in [1.82, 2.24) is 0 Å². The van der Waals surface area contributed by atoms with Crippen LogP contribution in [0.3, 0.4) is 0 Å². The van der Waals surface area contributed by atoms with Crippen LogP contribution in [0.2, 0.25) is 0 Å². The molecule has 2 atom stereocenters. The number of nitrogens with one attached hydrogen (secondary N) is 1. The molecule has 3 N–H and O–H groups in total. The second-order valence-corrected chi connectivity index (χ2v) is 7.76. The zero-order valence-corrected chi connectivity index (χ0v) is 15.9. The first-order valence-electron chi connectivity index (χ1n) is 8.91. The summed E-state index contributed by atoms with van der Waals surface area (Å²) in [7, 11) is 0. The Morgan fingerprint density at radius 3 is 2.83 bits per heavy atom. The molecule has 24 heavy (non-hydrogen) atoms. The van der Waals surface area contributed by atoms with Crippen LogP contribution in [0.1, 0.15) is 61.3 Å². The molecule has 1 aliphatic rings. The molecular formula is C18H29N2O3S+. The van der Waals surface area contributed by atoms with Crippen LogP contribution < -0.4 is 10.6 Å². The van der Waals surface area contributed by atoms with Crippen molar-refractivity contribution in [3.63, 3.8) is 0 Å². The van der Waals surface area contributed by atoms with Crippen LogP contribution in [0.15, 0.2) is 0 Å². The highest BCUT2D eigenvalue weighted by atomic mass is 32.1. The molecule has 2 rings (SSSR count).